The lowest BCUT2D eigenvalue weighted by Gasteiger charge is -2.42. The quantitative estimate of drug-likeness (QED) is 0.232. The molecule has 32 heavy (non-hydrogen) atoms. The third-order valence-electron chi connectivity index (χ3n) is 5.42. The number of pyridine rings is 1. The van der Waals surface area contributed by atoms with E-state index in [0.717, 1.165) is 30.6 Å². The van der Waals surface area contributed by atoms with Gasteiger partial charge in [0.15, 0.2) is 0 Å². The van der Waals surface area contributed by atoms with E-state index in [9.17, 15) is 13.3 Å². The molecule has 1 atom stereocenters. The maximum absolute atomic E-state index is 14.4. The molecule has 2 heterocycles. The van der Waals surface area contributed by atoms with Crippen LogP contribution in [0.5, 0.6) is 0 Å². The highest BCUT2D eigenvalue weighted by atomic mass is 32.2. The average molecular weight is 487 g/mol. The van der Waals surface area contributed by atoms with Crippen LogP contribution < -0.4 is 5.32 Å². The average Bonchev–Trinajstić information content (AvgIpc) is 2.74. The van der Waals surface area contributed by atoms with Crippen molar-refractivity contribution in [1.82, 2.24) is 10.3 Å². The Kier molecular flexibility index (Phi) is 10.1. The third-order valence-corrected chi connectivity index (χ3v) is 6.97. The second-order valence-electron chi connectivity index (χ2n) is 7.81. The van der Waals surface area contributed by atoms with Gasteiger partial charge in [-0.2, -0.15) is 0 Å². The number of thioether (sulfide) groups is 1. The molecule has 1 aromatic heterocycles. The molecular formula is C22H29F2N2O4PS. The van der Waals surface area contributed by atoms with Crippen molar-refractivity contribution in [1.29, 1.82) is 0 Å². The largest absolute Gasteiger partial charge is 0.379 e. The van der Waals surface area contributed by atoms with Gasteiger partial charge < -0.3 is 19.5 Å². The molecular weight excluding hydrogens is 457 g/mol. The molecule has 0 spiro atoms. The summed E-state index contributed by atoms with van der Waals surface area (Å²) in [5.41, 5.74) is 1.09. The summed E-state index contributed by atoms with van der Waals surface area (Å²) in [6, 6.07) is 8.33. The van der Waals surface area contributed by atoms with Gasteiger partial charge in [0.25, 0.3) is 0 Å². The summed E-state index contributed by atoms with van der Waals surface area (Å²) in [6.45, 7) is 2.28. The Morgan fingerprint density at radius 3 is 2.72 bits per heavy atom. The zero-order valence-electron chi connectivity index (χ0n) is 17.8. The standard InChI is InChI=1S/C22H29F2N2O4PS/c23-19-7-2-1-6-18(19)22(15-29-16-22)8-3-4-11-32-21-14-26-17(12-20(21)24)13-25-9-5-10-30-31(27)28/h1-2,6-7,12,14,25,31H,3-5,8-11,13,15-16H2,(H,27,28). The van der Waals surface area contributed by atoms with E-state index in [4.69, 9.17) is 9.63 Å². The van der Waals surface area contributed by atoms with Crippen LogP contribution in [0.4, 0.5) is 8.78 Å². The van der Waals surface area contributed by atoms with Crippen molar-refractivity contribution in [2.75, 3.05) is 32.1 Å². The molecule has 1 aliphatic rings. The van der Waals surface area contributed by atoms with Crippen molar-refractivity contribution in [3.05, 3.63) is 59.4 Å². The van der Waals surface area contributed by atoms with Gasteiger partial charge in [0.1, 0.15) is 11.6 Å². The molecule has 176 valence electrons. The predicted octanol–water partition coefficient (Wildman–Crippen LogP) is 4.47. The fourth-order valence-electron chi connectivity index (χ4n) is 3.66. The van der Waals surface area contributed by atoms with Crippen molar-refractivity contribution in [2.45, 2.75) is 42.5 Å². The minimum Gasteiger partial charge on any atom is -0.379 e. The first-order valence-corrected chi connectivity index (χ1v) is 12.9. The molecule has 0 radical (unpaired) electrons. The lowest BCUT2D eigenvalue weighted by atomic mass is 9.74. The summed E-state index contributed by atoms with van der Waals surface area (Å²) in [4.78, 5) is 13.4. The summed E-state index contributed by atoms with van der Waals surface area (Å²) >= 11 is 1.44. The van der Waals surface area contributed by atoms with Crippen LogP contribution in [0.15, 0.2) is 41.4 Å². The highest BCUT2D eigenvalue weighted by molar-refractivity contribution is 7.99. The Morgan fingerprint density at radius 1 is 1.22 bits per heavy atom. The molecule has 10 heteroatoms. The maximum atomic E-state index is 14.4. The van der Waals surface area contributed by atoms with E-state index in [-0.39, 0.29) is 23.7 Å². The number of benzene rings is 1. The Morgan fingerprint density at radius 2 is 2.03 bits per heavy atom. The van der Waals surface area contributed by atoms with Crippen molar-refractivity contribution in [3.63, 3.8) is 0 Å². The maximum Gasteiger partial charge on any atom is 0.316 e. The van der Waals surface area contributed by atoms with Crippen LogP contribution in [0, 0.1) is 11.6 Å². The molecule has 6 nitrogen and oxygen atoms in total. The normalized spacial score (nSPS) is 16.0. The predicted molar refractivity (Wildman–Crippen MR) is 121 cm³/mol. The number of hydrogen-bond donors (Lipinski definition) is 2. The van der Waals surface area contributed by atoms with Gasteiger partial charge in [0, 0.05) is 18.2 Å². The molecule has 1 saturated heterocycles. The van der Waals surface area contributed by atoms with Crippen LogP contribution in [0.3, 0.4) is 0 Å². The second-order valence-corrected chi connectivity index (χ2v) is 9.77. The molecule has 1 aliphatic heterocycles. The Labute approximate surface area is 192 Å². The summed E-state index contributed by atoms with van der Waals surface area (Å²) in [6.07, 6.45) is 4.79. The van der Waals surface area contributed by atoms with Crippen LogP contribution in [-0.4, -0.2) is 42.0 Å². The first-order valence-electron chi connectivity index (χ1n) is 10.7. The highest BCUT2D eigenvalue weighted by Gasteiger charge is 2.41. The van der Waals surface area contributed by atoms with Gasteiger partial charge >= 0.3 is 8.25 Å². The molecule has 0 amide bonds. The van der Waals surface area contributed by atoms with Crippen LogP contribution in [0.1, 0.15) is 36.9 Å². The highest BCUT2D eigenvalue weighted by Crippen LogP contribution is 2.38. The number of hydrogen-bond acceptors (Lipinski definition) is 6. The zero-order chi connectivity index (χ0) is 22.8. The van der Waals surface area contributed by atoms with E-state index in [1.54, 1.807) is 12.3 Å². The number of aromatic nitrogens is 1. The van der Waals surface area contributed by atoms with Gasteiger partial charge in [-0.15, -0.1) is 11.8 Å². The smallest absolute Gasteiger partial charge is 0.316 e. The van der Waals surface area contributed by atoms with Crippen LogP contribution in [0.25, 0.3) is 0 Å². The fraction of sp³-hybridized carbons (Fsp3) is 0.500. The van der Waals surface area contributed by atoms with Crippen molar-refractivity contribution in [3.8, 4) is 0 Å². The van der Waals surface area contributed by atoms with E-state index in [1.165, 1.54) is 23.9 Å². The number of rotatable bonds is 14. The molecule has 0 aliphatic carbocycles. The van der Waals surface area contributed by atoms with Crippen LogP contribution >= 0.6 is 20.0 Å². The number of halogens is 2. The van der Waals surface area contributed by atoms with E-state index in [0.29, 0.717) is 43.3 Å². The summed E-state index contributed by atoms with van der Waals surface area (Å²) in [5, 5.41) is 3.10. The fourth-order valence-corrected chi connectivity index (χ4v) is 4.87. The van der Waals surface area contributed by atoms with Gasteiger partial charge in [-0.3, -0.25) is 9.55 Å². The van der Waals surface area contributed by atoms with E-state index >= 15 is 0 Å². The van der Waals surface area contributed by atoms with Gasteiger partial charge in [-0.25, -0.2) is 8.78 Å². The van der Waals surface area contributed by atoms with Gasteiger partial charge in [0.2, 0.25) is 0 Å². The zero-order valence-corrected chi connectivity index (χ0v) is 19.6. The molecule has 1 unspecified atom stereocenters. The minimum absolute atomic E-state index is 0.177. The molecule has 1 aromatic carbocycles. The lowest BCUT2D eigenvalue weighted by molar-refractivity contribution is -0.0668. The minimum atomic E-state index is -2.88. The number of unbranched alkanes of at least 4 members (excludes halogenated alkanes) is 1. The van der Waals surface area contributed by atoms with Crippen molar-refractivity contribution >= 4 is 20.0 Å². The Balaban J connectivity index is 1.36. The lowest BCUT2D eigenvalue weighted by Crippen LogP contribution is -2.47. The molecule has 2 aromatic rings. The first-order chi connectivity index (χ1) is 15.5. The Bertz CT molecular complexity index is 902. The van der Waals surface area contributed by atoms with E-state index < -0.39 is 8.25 Å². The second kappa shape index (κ2) is 12.8. The Hall–Kier alpha value is -1.35. The molecule has 1 fully saturated rings. The van der Waals surface area contributed by atoms with Crippen LogP contribution in [0.2, 0.25) is 0 Å². The van der Waals surface area contributed by atoms with Gasteiger partial charge in [0.05, 0.1) is 30.4 Å². The molecule has 3 rings (SSSR count). The van der Waals surface area contributed by atoms with Crippen molar-refractivity contribution < 1.29 is 27.5 Å². The number of ether oxygens (including phenoxy) is 1. The summed E-state index contributed by atoms with van der Waals surface area (Å²) < 4.78 is 49.0. The summed E-state index contributed by atoms with van der Waals surface area (Å²) in [7, 11) is -2.88. The third kappa shape index (κ3) is 7.33. The topological polar surface area (TPSA) is 80.7 Å². The first kappa shape index (κ1) is 25.3. The number of nitrogens with zero attached hydrogens (tertiary/aromatic N) is 1. The van der Waals surface area contributed by atoms with E-state index in [1.807, 2.05) is 12.1 Å². The summed E-state index contributed by atoms with van der Waals surface area (Å²) in [5.74, 6) is 0.293. The number of nitrogens with one attached hydrogen (secondary N) is 1. The molecule has 0 saturated carbocycles. The monoisotopic (exact) mass is 486 g/mol. The van der Waals surface area contributed by atoms with Gasteiger partial charge in [-0.1, -0.05) is 24.6 Å². The van der Waals surface area contributed by atoms with Crippen molar-refractivity contribution in [2.24, 2.45) is 0 Å². The molecule has 0 bridgehead atoms. The SMILES string of the molecule is O=[PH](O)OCCCNCc1cc(F)c(SCCCCC2(c3ccccc3F)COC2)cn1. The van der Waals surface area contributed by atoms with E-state index in [2.05, 4.69) is 14.8 Å². The molecule has 2 N–H and O–H groups in total. The van der Waals surface area contributed by atoms with Gasteiger partial charge in [-0.05, 0) is 49.3 Å². The van der Waals surface area contributed by atoms with Crippen LogP contribution in [-0.2, 0) is 25.8 Å².